The number of aromatic nitrogens is 1. The molecule has 1 aromatic heterocycles. The molecule has 5 nitrogen and oxygen atoms in total. The fourth-order valence-corrected chi connectivity index (χ4v) is 3.37. The van der Waals surface area contributed by atoms with Crippen LogP contribution in [-0.2, 0) is 7.05 Å². The van der Waals surface area contributed by atoms with E-state index in [4.69, 9.17) is 0 Å². The number of amides is 2. The minimum Gasteiger partial charge on any atom is -0.351 e. The van der Waals surface area contributed by atoms with Gasteiger partial charge in [0.1, 0.15) is 5.82 Å². The second-order valence-electron chi connectivity index (χ2n) is 6.76. The van der Waals surface area contributed by atoms with Crippen molar-refractivity contribution in [3.63, 3.8) is 0 Å². The average Bonchev–Trinajstić information content (AvgIpc) is 2.83. The van der Waals surface area contributed by atoms with Crippen LogP contribution in [0.25, 0.3) is 0 Å². The molecular formula is C20H24FN3O2. The van der Waals surface area contributed by atoms with Crippen LogP contribution in [0.5, 0.6) is 0 Å². The van der Waals surface area contributed by atoms with Crippen LogP contribution in [-0.4, -0.2) is 52.4 Å². The van der Waals surface area contributed by atoms with Gasteiger partial charge >= 0.3 is 0 Å². The topological polar surface area (TPSA) is 45.6 Å². The zero-order valence-electron chi connectivity index (χ0n) is 15.5. The van der Waals surface area contributed by atoms with Gasteiger partial charge in [0.15, 0.2) is 0 Å². The van der Waals surface area contributed by atoms with E-state index in [-0.39, 0.29) is 17.4 Å². The fraction of sp³-hybridized carbons (Fsp3) is 0.400. The molecule has 0 saturated carbocycles. The first-order valence-corrected chi connectivity index (χ1v) is 8.86. The van der Waals surface area contributed by atoms with Gasteiger partial charge in [-0.2, -0.15) is 0 Å². The highest BCUT2D eigenvalue weighted by Crippen LogP contribution is 2.18. The smallest absolute Gasteiger partial charge is 0.256 e. The molecule has 0 atom stereocenters. The van der Waals surface area contributed by atoms with Gasteiger partial charge in [-0.15, -0.1) is 0 Å². The summed E-state index contributed by atoms with van der Waals surface area (Å²) in [6.07, 6.45) is 0.677. The first-order valence-electron chi connectivity index (χ1n) is 8.86. The fourth-order valence-electron chi connectivity index (χ4n) is 3.37. The molecule has 1 saturated heterocycles. The molecule has 26 heavy (non-hydrogen) atoms. The SMILES string of the molecule is Cc1cc(C(=O)N2CCCN(C(=O)c3ccccc3F)CC2)c(C)n1C. The maximum atomic E-state index is 13.9. The zero-order chi connectivity index (χ0) is 18.8. The Labute approximate surface area is 153 Å². The number of hydrogen-bond donors (Lipinski definition) is 0. The molecule has 0 unspecified atom stereocenters. The monoisotopic (exact) mass is 357 g/mol. The minimum absolute atomic E-state index is 0.00797. The largest absolute Gasteiger partial charge is 0.351 e. The Hall–Kier alpha value is -2.63. The molecule has 2 amide bonds. The molecule has 0 spiro atoms. The lowest BCUT2D eigenvalue weighted by Crippen LogP contribution is -2.37. The molecule has 3 rings (SSSR count). The quantitative estimate of drug-likeness (QED) is 0.830. The minimum atomic E-state index is -0.509. The summed E-state index contributed by atoms with van der Waals surface area (Å²) in [6.45, 7) is 5.88. The number of carbonyl (C=O) groups is 2. The van der Waals surface area contributed by atoms with Crippen LogP contribution in [0.4, 0.5) is 4.39 Å². The van der Waals surface area contributed by atoms with Gasteiger partial charge in [0.25, 0.3) is 11.8 Å². The summed E-state index contributed by atoms with van der Waals surface area (Å²) in [5, 5.41) is 0. The number of rotatable bonds is 2. The molecule has 6 heteroatoms. The molecular weight excluding hydrogens is 333 g/mol. The molecule has 0 aliphatic carbocycles. The van der Waals surface area contributed by atoms with Crippen LogP contribution in [0.3, 0.4) is 0 Å². The third-order valence-electron chi connectivity index (χ3n) is 5.18. The number of nitrogens with zero attached hydrogens (tertiary/aromatic N) is 3. The summed E-state index contributed by atoms with van der Waals surface area (Å²) < 4.78 is 15.9. The molecule has 1 fully saturated rings. The van der Waals surface area contributed by atoms with Gasteiger partial charge in [0.05, 0.1) is 11.1 Å². The van der Waals surface area contributed by atoms with E-state index in [1.54, 1.807) is 21.9 Å². The van der Waals surface area contributed by atoms with Crippen molar-refractivity contribution in [2.75, 3.05) is 26.2 Å². The van der Waals surface area contributed by atoms with Gasteiger partial charge < -0.3 is 14.4 Å². The van der Waals surface area contributed by atoms with Crippen molar-refractivity contribution >= 4 is 11.8 Å². The highest BCUT2D eigenvalue weighted by Gasteiger charge is 2.26. The summed E-state index contributed by atoms with van der Waals surface area (Å²) in [4.78, 5) is 28.9. The molecule has 2 heterocycles. The zero-order valence-corrected chi connectivity index (χ0v) is 15.5. The Morgan fingerprint density at radius 3 is 2.04 bits per heavy atom. The predicted molar refractivity (Wildman–Crippen MR) is 97.7 cm³/mol. The number of hydrogen-bond acceptors (Lipinski definition) is 2. The molecule has 1 aliphatic heterocycles. The number of benzene rings is 1. The Bertz CT molecular complexity index is 844. The summed E-state index contributed by atoms with van der Waals surface area (Å²) in [5.41, 5.74) is 2.77. The summed E-state index contributed by atoms with van der Waals surface area (Å²) >= 11 is 0. The van der Waals surface area contributed by atoms with Crippen molar-refractivity contribution in [2.45, 2.75) is 20.3 Å². The highest BCUT2D eigenvalue weighted by atomic mass is 19.1. The van der Waals surface area contributed by atoms with Crippen molar-refractivity contribution in [1.29, 1.82) is 0 Å². The van der Waals surface area contributed by atoms with E-state index in [1.165, 1.54) is 12.1 Å². The standard InChI is InChI=1S/C20H24FN3O2/c1-14-13-17(15(2)22(14)3)20(26)24-10-6-9-23(11-12-24)19(25)16-7-4-5-8-18(16)21/h4-5,7-8,13H,6,9-12H2,1-3H3. The third-order valence-corrected chi connectivity index (χ3v) is 5.18. The lowest BCUT2D eigenvalue weighted by Gasteiger charge is -2.22. The van der Waals surface area contributed by atoms with Crippen LogP contribution < -0.4 is 0 Å². The van der Waals surface area contributed by atoms with Gasteiger partial charge in [-0.05, 0) is 38.5 Å². The number of halogens is 1. The van der Waals surface area contributed by atoms with Crippen molar-refractivity contribution in [1.82, 2.24) is 14.4 Å². The van der Waals surface area contributed by atoms with Crippen molar-refractivity contribution < 1.29 is 14.0 Å². The second kappa shape index (κ2) is 7.32. The van der Waals surface area contributed by atoms with Crippen LogP contribution in [0.15, 0.2) is 30.3 Å². The van der Waals surface area contributed by atoms with E-state index >= 15 is 0 Å². The van der Waals surface area contributed by atoms with Gasteiger partial charge in [0.2, 0.25) is 0 Å². The molecule has 2 aromatic rings. The Kier molecular flexibility index (Phi) is 5.11. The molecule has 0 bridgehead atoms. The van der Waals surface area contributed by atoms with Crippen molar-refractivity contribution in [3.05, 3.63) is 58.7 Å². The number of carbonyl (C=O) groups excluding carboxylic acids is 2. The first kappa shape index (κ1) is 18.2. The average molecular weight is 357 g/mol. The van der Waals surface area contributed by atoms with Gasteiger partial charge in [-0.3, -0.25) is 9.59 Å². The lowest BCUT2D eigenvalue weighted by molar-refractivity contribution is 0.0715. The van der Waals surface area contributed by atoms with E-state index in [1.807, 2.05) is 31.5 Å². The maximum absolute atomic E-state index is 13.9. The molecule has 1 aliphatic rings. The van der Waals surface area contributed by atoms with Crippen molar-refractivity contribution in [3.8, 4) is 0 Å². The molecule has 0 N–H and O–H groups in total. The lowest BCUT2D eigenvalue weighted by atomic mass is 10.2. The Morgan fingerprint density at radius 2 is 1.50 bits per heavy atom. The summed E-state index contributed by atoms with van der Waals surface area (Å²) in [6, 6.07) is 7.93. The summed E-state index contributed by atoms with van der Waals surface area (Å²) in [7, 11) is 1.94. The van der Waals surface area contributed by atoms with E-state index in [0.717, 1.165) is 11.4 Å². The van der Waals surface area contributed by atoms with E-state index in [9.17, 15) is 14.0 Å². The third kappa shape index (κ3) is 3.36. The van der Waals surface area contributed by atoms with Gasteiger partial charge in [-0.25, -0.2) is 4.39 Å². The number of aryl methyl sites for hydroxylation is 1. The Balaban J connectivity index is 1.72. The van der Waals surface area contributed by atoms with Gasteiger partial charge in [-0.1, -0.05) is 12.1 Å². The van der Waals surface area contributed by atoms with E-state index < -0.39 is 5.82 Å². The van der Waals surface area contributed by atoms with Gasteiger partial charge in [0, 0.05) is 44.6 Å². The van der Waals surface area contributed by atoms with Crippen molar-refractivity contribution in [2.24, 2.45) is 7.05 Å². The predicted octanol–water partition coefficient (Wildman–Crippen LogP) is 2.77. The van der Waals surface area contributed by atoms with E-state index in [0.29, 0.717) is 38.2 Å². The second-order valence-corrected chi connectivity index (χ2v) is 6.76. The molecule has 138 valence electrons. The normalized spacial score (nSPS) is 15.1. The highest BCUT2D eigenvalue weighted by molar-refractivity contribution is 5.96. The first-order chi connectivity index (χ1) is 12.4. The van der Waals surface area contributed by atoms with Crippen LogP contribution in [0.2, 0.25) is 0 Å². The van der Waals surface area contributed by atoms with Crippen LogP contribution in [0.1, 0.15) is 38.5 Å². The molecule has 0 radical (unpaired) electrons. The van der Waals surface area contributed by atoms with E-state index in [2.05, 4.69) is 0 Å². The molecule has 1 aromatic carbocycles. The van der Waals surface area contributed by atoms with Crippen LogP contribution >= 0.6 is 0 Å². The Morgan fingerprint density at radius 1 is 0.923 bits per heavy atom. The van der Waals surface area contributed by atoms with Crippen LogP contribution in [0, 0.1) is 19.7 Å². The maximum Gasteiger partial charge on any atom is 0.256 e. The summed E-state index contributed by atoms with van der Waals surface area (Å²) in [5.74, 6) is -0.833.